The maximum Gasteiger partial charge on any atom is 0.422 e. The minimum absolute atomic E-state index is 0.0331. The normalized spacial score (nSPS) is 12.4. The number of nitrogens with zero attached hydrogens (tertiary/aromatic N) is 2. The molecule has 6 nitrogen and oxygen atoms in total. The molecule has 0 radical (unpaired) electrons. The summed E-state index contributed by atoms with van der Waals surface area (Å²) >= 11 is 0. The van der Waals surface area contributed by atoms with Gasteiger partial charge in [-0.05, 0) is 24.1 Å². The highest BCUT2D eigenvalue weighted by molar-refractivity contribution is 7.92. The van der Waals surface area contributed by atoms with Gasteiger partial charge in [-0.15, -0.1) is 0 Å². The number of guanidine groups is 1. The molecule has 0 aromatic heterocycles. The van der Waals surface area contributed by atoms with Crippen molar-refractivity contribution >= 4 is 15.8 Å². The lowest BCUT2D eigenvalue weighted by molar-refractivity contribution is 0.589. The molecule has 0 spiro atoms. The van der Waals surface area contributed by atoms with E-state index in [1.165, 1.54) is 12.1 Å². The zero-order valence-corrected chi connectivity index (χ0v) is 10.7. The summed E-state index contributed by atoms with van der Waals surface area (Å²) in [6.45, 7) is 8.83. The summed E-state index contributed by atoms with van der Waals surface area (Å²) in [5.74, 6) is -0.426. The summed E-state index contributed by atoms with van der Waals surface area (Å²) in [5.41, 5.74) is 9.60. The molecule has 1 unspecified atom stereocenters. The number of nitrogens with two attached hydrogens (primary N) is 2. The van der Waals surface area contributed by atoms with Crippen LogP contribution in [0.15, 0.2) is 34.2 Å². The van der Waals surface area contributed by atoms with Gasteiger partial charge in [0.15, 0.2) is 5.96 Å². The molecule has 0 bridgehead atoms. The van der Waals surface area contributed by atoms with Crippen LogP contribution in [0.3, 0.4) is 0 Å². The first-order valence-corrected chi connectivity index (χ1v) is 6.74. The molecule has 1 rings (SSSR count). The maximum absolute atomic E-state index is 12.1. The average Bonchev–Trinajstić information content (AvgIpc) is 2.35. The molecule has 0 saturated carbocycles. The van der Waals surface area contributed by atoms with Crippen LogP contribution in [-0.4, -0.2) is 19.9 Å². The molecule has 18 heavy (non-hydrogen) atoms. The Balaban J connectivity index is 3.20. The number of rotatable bonds is 4. The Bertz CT molecular complexity index is 580. The third kappa shape index (κ3) is 2.99. The Kier molecular flexibility index (Phi) is 4.28. The molecule has 0 aliphatic heterocycles. The van der Waals surface area contributed by atoms with Gasteiger partial charge in [-0.3, -0.25) is 4.85 Å². The van der Waals surface area contributed by atoms with Crippen LogP contribution in [0.2, 0.25) is 0 Å². The van der Waals surface area contributed by atoms with Gasteiger partial charge >= 0.3 is 5.50 Å². The van der Waals surface area contributed by atoms with Gasteiger partial charge < -0.3 is 11.5 Å². The second kappa shape index (κ2) is 5.51. The first-order valence-electron chi connectivity index (χ1n) is 5.20. The molecule has 1 atom stereocenters. The van der Waals surface area contributed by atoms with E-state index in [2.05, 4.69) is 9.84 Å². The SMILES string of the molecule is [C-]#[N+]C(N=C(N)N)S(=O)(=O)c1ccc(CC)cc1. The van der Waals surface area contributed by atoms with Crippen molar-refractivity contribution in [2.75, 3.05) is 0 Å². The van der Waals surface area contributed by atoms with Crippen LogP contribution in [0.1, 0.15) is 12.5 Å². The van der Waals surface area contributed by atoms with Crippen LogP contribution in [-0.2, 0) is 16.3 Å². The molecular formula is C11H14N4O2S. The van der Waals surface area contributed by atoms with Gasteiger partial charge in [0.1, 0.15) is 0 Å². The number of aryl methyl sites for hydroxylation is 1. The van der Waals surface area contributed by atoms with Crippen molar-refractivity contribution in [2.45, 2.75) is 23.7 Å². The monoisotopic (exact) mass is 266 g/mol. The molecule has 96 valence electrons. The fourth-order valence-corrected chi connectivity index (χ4v) is 2.49. The van der Waals surface area contributed by atoms with Crippen molar-refractivity contribution in [1.82, 2.24) is 0 Å². The lowest BCUT2D eigenvalue weighted by Gasteiger charge is -2.04. The van der Waals surface area contributed by atoms with Crippen LogP contribution in [0, 0.1) is 6.57 Å². The van der Waals surface area contributed by atoms with Gasteiger partial charge in [0.25, 0.3) is 9.84 Å². The Labute approximate surface area is 106 Å². The second-order valence-corrected chi connectivity index (χ2v) is 5.53. The predicted molar refractivity (Wildman–Crippen MR) is 69.2 cm³/mol. The number of aliphatic imine (C=N–C) groups is 1. The third-order valence-electron chi connectivity index (χ3n) is 2.31. The van der Waals surface area contributed by atoms with E-state index in [-0.39, 0.29) is 4.90 Å². The number of benzene rings is 1. The Hall–Kier alpha value is -2.07. The third-order valence-corrected chi connectivity index (χ3v) is 4.00. The molecular weight excluding hydrogens is 252 g/mol. The highest BCUT2D eigenvalue weighted by Crippen LogP contribution is 2.18. The van der Waals surface area contributed by atoms with E-state index >= 15 is 0 Å². The molecule has 0 aliphatic rings. The zero-order valence-electron chi connectivity index (χ0n) is 9.87. The van der Waals surface area contributed by atoms with Crippen LogP contribution in [0.4, 0.5) is 0 Å². The first kappa shape index (κ1) is 14.0. The van der Waals surface area contributed by atoms with Crippen molar-refractivity contribution < 1.29 is 8.42 Å². The summed E-state index contributed by atoms with van der Waals surface area (Å²) in [7, 11) is -3.87. The molecule has 4 N–H and O–H groups in total. The van der Waals surface area contributed by atoms with Gasteiger partial charge in [0.05, 0.1) is 4.90 Å². The zero-order chi connectivity index (χ0) is 13.8. The summed E-state index contributed by atoms with van der Waals surface area (Å²) < 4.78 is 24.1. The fraction of sp³-hybridized carbons (Fsp3) is 0.273. The fourth-order valence-electron chi connectivity index (χ4n) is 1.33. The van der Waals surface area contributed by atoms with Crippen molar-refractivity contribution in [3.63, 3.8) is 0 Å². The first-order chi connectivity index (χ1) is 8.41. The lowest BCUT2D eigenvalue weighted by Crippen LogP contribution is -2.27. The lowest BCUT2D eigenvalue weighted by atomic mass is 10.2. The smallest absolute Gasteiger partial charge is 0.370 e. The minimum atomic E-state index is -3.87. The number of sulfone groups is 1. The Morgan fingerprint density at radius 3 is 2.33 bits per heavy atom. The van der Waals surface area contributed by atoms with Gasteiger partial charge in [0, 0.05) is 0 Å². The largest absolute Gasteiger partial charge is 0.422 e. The van der Waals surface area contributed by atoms with Crippen molar-refractivity contribution in [3.8, 4) is 0 Å². The number of hydrogen-bond donors (Lipinski definition) is 2. The van der Waals surface area contributed by atoms with Crippen LogP contribution >= 0.6 is 0 Å². The Morgan fingerprint density at radius 1 is 1.39 bits per heavy atom. The van der Waals surface area contributed by atoms with Gasteiger partial charge in [-0.2, -0.15) is 4.99 Å². The van der Waals surface area contributed by atoms with E-state index in [1.54, 1.807) is 12.1 Å². The summed E-state index contributed by atoms with van der Waals surface area (Å²) in [6.07, 6.45) is 0.806. The van der Waals surface area contributed by atoms with Gasteiger partial charge in [-0.25, -0.2) is 15.0 Å². The topological polar surface area (TPSA) is 103 Å². The maximum atomic E-state index is 12.1. The predicted octanol–water partition coefficient (Wildman–Crippen LogP) is 0.499. The molecule has 0 saturated heterocycles. The molecule has 0 amide bonds. The minimum Gasteiger partial charge on any atom is -0.370 e. The molecule has 7 heteroatoms. The summed E-state index contributed by atoms with van der Waals surface area (Å²) in [5, 5.41) is 0. The van der Waals surface area contributed by atoms with Crippen molar-refractivity contribution in [3.05, 3.63) is 41.2 Å². The van der Waals surface area contributed by atoms with Crippen LogP contribution < -0.4 is 11.5 Å². The standard InChI is InChI=1S/C11H14N4O2S/c1-3-8-4-6-9(7-5-8)18(16,17)11(14-2)15-10(12)13/h4-7,11H,3H2,1H3,(H4,12,13,15). The van der Waals surface area contributed by atoms with Crippen molar-refractivity contribution in [1.29, 1.82) is 0 Å². The van der Waals surface area contributed by atoms with E-state index in [4.69, 9.17) is 18.0 Å². The molecule has 0 fully saturated rings. The van der Waals surface area contributed by atoms with E-state index in [0.717, 1.165) is 12.0 Å². The van der Waals surface area contributed by atoms with Gasteiger partial charge in [0.2, 0.25) is 0 Å². The quantitative estimate of drug-likeness (QED) is 0.470. The molecule has 0 aliphatic carbocycles. The van der Waals surface area contributed by atoms with Crippen LogP contribution in [0.25, 0.3) is 4.85 Å². The number of hydrogen-bond acceptors (Lipinski definition) is 3. The highest BCUT2D eigenvalue weighted by atomic mass is 32.2. The average molecular weight is 266 g/mol. The van der Waals surface area contributed by atoms with Crippen molar-refractivity contribution in [2.24, 2.45) is 16.5 Å². The van der Waals surface area contributed by atoms with E-state index in [1.807, 2.05) is 6.92 Å². The van der Waals surface area contributed by atoms with E-state index in [0.29, 0.717) is 0 Å². The summed E-state index contributed by atoms with van der Waals surface area (Å²) in [4.78, 5) is 6.38. The van der Waals surface area contributed by atoms with Gasteiger partial charge in [-0.1, -0.05) is 19.1 Å². The summed E-state index contributed by atoms with van der Waals surface area (Å²) in [6, 6.07) is 6.30. The molecule has 1 aromatic rings. The Morgan fingerprint density at radius 2 is 1.94 bits per heavy atom. The second-order valence-electron chi connectivity index (χ2n) is 3.55. The van der Waals surface area contributed by atoms with Crippen LogP contribution in [0.5, 0.6) is 0 Å². The van der Waals surface area contributed by atoms with E-state index in [9.17, 15) is 8.42 Å². The molecule has 0 heterocycles. The van der Waals surface area contributed by atoms with E-state index < -0.39 is 21.3 Å². The molecule has 1 aromatic carbocycles. The highest BCUT2D eigenvalue weighted by Gasteiger charge is 2.32.